The number of nitrogens with one attached hydrogen (secondary N) is 2. The van der Waals surface area contributed by atoms with Crippen LogP contribution < -0.4 is 15.4 Å². The maximum absolute atomic E-state index is 11.9. The Kier molecular flexibility index (Phi) is 6.56. The number of hydrogen-bond donors (Lipinski definition) is 2. The molecular formula is C18H28N2O2. The van der Waals surface area contributed by atoms with Crippen LogP contribution in [0.4, 0.5) is 4.79 Å². The molecule has 4 nitrogen and oxygen atoms in total. The van der Waals surface area contributed by atoms with Crippen molar-refractivity contribution in [2.75, 3.05) is 13.2 Å². The minimum Gasteiger partial charge on any atom is -0.491 e. The van der Waals surface area contributed by atoms with E-state index < -0.39 is 0 Å². The van der Waals surface area contributed by atoms with Gasteiger partial charge in [0.2, 0.25) is 0 Å². The van der Waals surface area contributed by atoms with Crippen molar-refractivity contribution in [3.8, 4) is 5.75 Å². The van der Waals surface area contributed by atoms with Gasteiger partial charge in [-0.25, -0.2) is 4.79 Å². The number of amides is 2. The Morgan fingerprint density at radius 3 is 2.41 bits per heavy atom. The molecule has 2 N–H and O–H groups in total. The van der Waals surface area contributed by atoms with Gasteiger partial charge in [-0.2, -0.15) is 0 Å². The molecule has 0 bridgehead atoms. The standard InChI is InChI=1S/C18H28N2O2/c1-14-8-7-9-15(2)17(14)22-13-12-19-18(21)20-16-10-5-3-4-6-11-16/h7-9,16H,3-6,10-13H2,1-2H3,(H2,19,20,21). The molecule has 122 valence electrons. The zero-order valence-corrected chi connectivity index (χ0v) is 13.8. The van der Waals surface area contributed by atoms with E-state index in [1.807, 2.05) is 32.0 Å². The highest BCUT2D eigenvalue weighted by Crippen LogP contribution is 2.22. The van der Waals surface area contributed by atoms with Gasteiger partial charge in [0.05, 0.1) is 6.54 Å². The van der Waals surface area contributed by atoms with Crippen LogP contribution in [0.15, 0.2) is 18.2 Å². The number of aryl methyl sites for hydroxylation is 2. The normalized spacial score (nSPS) is 15.9. The van der Waals surface area contributed by atoms with E-state index in [0.717, 1.165) is 29.7 Å². The third kappa shape index (κ3) is 5.24. The molecule has 0 unspecified atom stereocenters. The minimum absolute atomic E-state index is 0.0722. The number of ether oxygens (including phenoxy) is 1. The van der Waals surface area contributed by atoms with E-state index in [1.165, 1.54) is 25.7 Å². The second kappa shape index (κ2) is 8.66. The van der Waals surface area contributed by atoms with Crippen LogP contribution in [0.5, 0.6) is 5.75 Å². The van der Waals surface area contributed by atoms with Gasteiger partial charge in [-0.1, -0.05) is 43.9 Å². The lowest BCUT2D eigenvalue weighted by Gasteiger charge is -2.17. The van der Waals surface area contributed by atoms with Gasteiger partial charge in [0.15, 0.2) is 0 Å². The van der Waals surface area contributed by atoms with Gasteiger partial charge in [0.1, 0.15) is 12.4 Å². The number of para-hydroxylation sites is 1. The summed E-state index contributed by atoms with van der Waals surface area (Å²) in [5.41, 5.74) is 2.26. The van der Waals surface area contributed by atoms with Crippen LogP contribution in [-0.2, 0) is 0 Å². The van der Waals surface area contributed by atoms with E-state index in [2.05, 4.69) is 10.6 Å². The third-order valence-corrected chi connectivity index (χ3v) is 4.23. The predicted molar refractivity (Wildman–Crippen MR) is 89.4 cm³/mol. The van der Waals surface area contributed by atoms with Gasteiger partial charge in [0, 0.05) is 6.04 Å². The van der Waals surface area contributed by atoms with Crippen molar-refractivity contribution in [2.45, 2.75) is 58.4 Å². The van der Waals surface area contributed by atoms with Crippen molar-refractivity contribution < 1.29 is 9.53 Å². The Bertz CT molecular complexity index is 460. The van der Waals surface area contributed by atoms with Crippen LogP contribution in [0.25, 0.3) is 0 Å². The first-order chi connectivity index (χ1) is 10.7. The summed E-state index contributed by atoms with van der Waals surface area (Å²) < 4.78 is 5.79. The molecule has 0 aromatic heterocycles. The molecule has 1 fully saturated rings. The van der Waals surface area contributed by atoms with E-state index in [-0.39, 0.29) is 6.03 Å². The Hall–Kier alpha value is -1.71. The van der Waals surface area contributed by atoms with Crippen LogP contribution in [0.2, 0.25) is 0 Å². The molecule has 0 spiro atoms. The van der Waals surface area contributed by atoms with Crippen molar-refractivity contribution in [1.82, 2.24) is 10.6 Å². The molecule has 1 aromatic carbocycles. The quantitative estimate of drug-likeness (QED) is 0.643. The lowest BCUT2D eigenvalue weighted by atomic mass is 10.1. The SMILES string of the molecule is Cc1cccc(C)c1OCCNC(=O)NC1CCCCCC1. The Morgan fingerprint density at radius 2 is 1.77 bits per heavy atom. The van der Waals surface area contributed by atoms with Gasteiger partial charge in [0.25, 0.3) is 0 Å². The smallest absolute Gasteiger partial charge is 0.315 e. The van der Waals surface area contributed by atoms with Crippen molar-refractivity contribution in [1.29, 1.82) is 0 Å². The molecule has 0 aliphatic heterocycles. The van der Waals surface area contributed by atoms with Crippen LogP contribution in [-0.4, -0.2) is 25.2 Å². The van der Waals surface area contributed by atoms with Gasteiger partial charge in [-0.15, -0.1) is 0 Å². The number of hydrogen-bond acceptors (Lipinski definition) is 2. The first kappa shape index (κ1) is 16.7. The van der Waals surface area contributed by atoms with E-state index >= 15 is 0 Å². The first-order valence-electron chi connectivity index (χ1n) is 8.40. The molecule has 2 amide bonds. The average Bonchev–Trinajstić information content (AvgIpc) is 2.74. The number of urea groups is 1. The minimum atomic E-state index is -0.0722. The Balaban J connectivity index is 1.66. The van der Waals surface area contributed by atoms with Crippen molar-refractivity contribution >= 4 is 6.03 Å². The summed E-state index contributed by atoms with van der Waals surface area (Å²) in [6.45, 7) is 5.08. The lowest BCUT2D eigenvalue weighted by molar-refractivity contribution is 0.231. The summed E-state index contributed by atoms with van der Waals surface area (Å²) in [5, 5.41) is 5.96. The Labute approximate surface area is 133 Å². The fourth-order valence-electron chi connectivity index (χ4n) is 3.00. The first-order valence-corrected chi connectivity index (χ1v) is 8.40. The molecule has 1 aliphatic rings. The summed E-state index contributed by atoms with van der Waals surface area (Å²) in [6, 6.07) is 6.36. The van der Waals surface area contributed by atoms with E-state index in [0.29, 0.717) is 19.2 Å². The zero-order chi connectivity index (χ0) is 15.8. The molecule has 0 radical (unpaired) electrons. The second-order valence-corrected chi connectivity index (χ2v) is 6.16. The summed E-state index contributed by atoms with van der Waals surface area (Å²) in [7, 11) is 0. The average molecular weight is 304 g/mol. The molecular weight excluding hydrogens is 276 g/mol. The number of carbonyl (C=O) groups is 1. The maximum Gasteiger partial charge on any atom is 0.315 e. The third-order valence-electron chi connectivity index (χ3n) is 4.23. The highest BCUT2D eigenvalue weighted by molar-refractivity contribution is 5.74. The zero-order valence-electron chi connectivity index (χ0n) is 13.8. The van der Waals surface area contributed by atoms with Crippen molar-refractivity contribution in [3.05, 3.63) is 29.3 Å². The summed E-state index contributed by atoms with van der Waals surface area (Å²) in [6.07, 6.45) is 7.24. The molecule has 4 heteroatoms. The highest BCUT2D eigenvalue weighted by Gasteiger charge is 2.14. The summed E-state index contributed by atoms with van der Waals surface area (Å²) >= 11 is 0. The van der Waals surface area contributed by atoms with Crippen LogP contribution >= 0.6 is 0 Å². The number of carbonyl (C=O) groups excluding carboxylic acids is 1. The van der Waals surface area contributed by atoms with E-state index in [1.54, 1.807) is 0 Å². The molecule has 22 heavy (non-hydrogen) atoms. The van der Waals surface area contributed by atoms with E-state index in [4.69, 9.17) is 4.74 Å². The van der Waals surface area contributed by atoms with Gasteiger partial charge in [-0.3, -0.25) is 0 Å². The van der Waals surface area contributed by atoms with Crippen molar-refractivity contribution in [2.24, 2.45) is 0 Å². The van der Waals surface area contributed by atoms with Crippen molar-refractivity contribution in [3.63, 3.8) is 0 Å². The largest absolute Gasteiger partial charge is 0.491 e. The summed E-state index contributed by atoms with van der Waals surface area (Å²) in [5.74, 6) is 0.925. The molecule has 0 saturated heterocycles. The molecule has 2 rings (SSSR count). The van der Waals surface area contributed by atoms with E-state index in [9.17, 15) is 4.79 Å². The Morgan fingerprint density at radius 1 is 1.14 bits per heavy atom. The molecule has 0 heterocycles. The fourth-order valence-corrected chi connectivity index (χ4v) is 3.00. The van der Waals surface area contributed by atoms with Crippen LogP contribution in [0.3, 0.4) is 0 Å². The van der Waals surface area contributed by atoms with Gasteiger partial charge < -0.3 is 15.4 Å². The molecule has 1 saturated carbocycles. The molecule has 1 aromatic rings. The topological polar surface area (TPSA) is 50.4 Å². The fraction of sp³-hybridized carbons (Fsp3) is 0.611. The lowest BCUT2D eigenvalue weighted by Crippen LogP contribution is -2.43. The van der Waals surface area contributed by atoms with Crippen LogP contribution in [0.1, 0.15) is 49.7 Å². The number of benzene rings is 1. The monoisotopic (exact) mass is 304 g/mol. The summed E-state index contributed by atoms with van der Waals surface area (Å²) in [4.78, 5) is 11.9. The van der Waals surface area contributed by atoms with Gasteiger partial charge in [-0.05, 0) is 37.8 Å². The van der Waals surface area contributed by atoms with Crippen LogP contribution in [0, 0.1) is 13.8 Å². The highest BCUT2D eigenvalue weighted by atomic mass is 16.5. The number of rotatable bonds is 5. The molecule has 1 aliphatic carbocycles. The maximum atomic E-state index is 11.9. The second-order valence-electron chi connectivity index (χ2n) is 6.16. The predicted octanol–water partition coefficient (Wildman–Crippen LogP) is 3.70. The molecule has 0 atom stereocenters. The van der Waals surface area contributed by atoms with Gasteiger partial charge >= 0.3 is 6.03 Å².